The fraction of sp³-hybridized carbons (Fsp3) is 0.211. The van der Waals surface area contributed by atoms with Crippen molar-refractivity contribution in [3.63, 3.8) is 0 Å². The number of benzene rings is 2. The van der Waals surface area contributed by atoms with Gasteiger partial charge >= 0.3 is 0 Å². The van der Waals surface area contributed by atoms with E-state index in [2.05, 4.69) is 15.6 Å². The number of carbonyl (C=O) groups is 1. The largest absolute Gasteiger partial charge is 0.486 e. The smallest absolute Gasteiger partial charge is 0.251 e. The Labute approximate surface area is 150 Å². The van der Waals surface area contributed by atoms with Gasteiger partial charge in [0.2, 0.25) is 0 Å². The minimum absolute atomic E-state index is 0.121. The van der Waals surface area contributed by atoms with Crippen LogP contribution in [0.15, 0.2) is 54.9 Å². The summed E-state index contributed by atoms with van der Waals surface area (Å²) >= 11 is 0. The monoisotopic (exact) mass is 350 g/mol. The summed E-state index contributed by atoms with van der Waals surface area (Å²) in [4.78, 5) is 12.4. The molecule has 0 radical (unpaired) electrons. The summed E-state index contributed by atoms with van der Waals surface area (Å²) in [6, 6.07) is 13.1. The molecule has 132 valence electrons. The first-order chi connectivity index (χ1) is 12.8. The average molecular weight is 350 g/mol. The number of carbonyl (C=O) groups excluding carboxylic acids is 1. The van der Waals surface area contributed by atoms with E-state index in [0.717, 1.165) is 22.7 Å². The summed E-state index contributed by atoms with van der Waals surface area (Å²) in [5.41, 5.74) is 2.47. The van der Waals surface area contributed by atoms with Crippen molar-refractivity contribution in [1.29, 1.82) is 0 Å². The molecule has 1 amide bonds. The summed E-state index contributed by atoms with van der Waals surface area (Å²) in [6.45, 7) is 1.68. The normalized spacial score (nSPS) is 12.6. The molecule has 1 aliphatic heterocycles. The maximum Gasteiger partial charge on any atom is 0.251 e. The Morgan fingerprint density at radius 1 is 1.12 bits per heavy atom. The molecular formula is C19H18N4O3. The van der Waals surface area contributed by atoms with Crippen LogP contribution in [0, 0.1) is 0 Å². The van der Waals surface area contributed by atoms with Gasteiger partial charge in [0.1, 0.15) is 13.2 Å². The van der Waals surface area contributed by atoms with Crippen LogP contribution in [0.4, 0.5) is 0 Å². The quantitative estimate of drug-likeness (QED) is 0.762. The van der Waals surface area contributed by atoms with Gasteiger partial charge in [0, 0.05) is 12.1 Å². The summed E-state index contributed by atoms with van der Waals surface area (Å²) in [5, 5.41) is 10.7. The highest BCUT2D eigenvalue weighted by Crippen LogP contribution is 2.30. The highest BCUT2D eigenvalue weighted by atomic mass is 16.6. The van der Waals surface area contributed by atoms with Crippen LogP contribution in [-0.2, 0) is 6.42 Å². The zero-order valence-corrected chi connectivity index (χ0v) is 14.1. The third-order valence-corrected chi connectivity index (χ3v) is 4.10. The van der Waals surface area contributed by atoms with Gasteiger partial charge in [-0.05, 0) is 42.3 Å². The van der Waals surface area contributed by atoms with Crippen LogP contribution in [-0.4, -0.2) is 40.7 Å². The van der Waals surface area contributed by atoms with Gasteiger partial charge in [0.05, 0.1) is 18.1 Å². The van der Waals surface area contributed by atoms with Crippen molar-refractivity contribution in [2.24, 2.45) is 0 Å². The lowest BCUT2D eigenvalue weighted by Gasteiger charge is -2.18. The molecule has 2 heterocycles. The number of ether oxygens (including phenoxy) is 2. The van der Waals surface area contributed by atoms with E-state index >= 15 is 0 Å². The number of fused-ring (bicyclic) bond motifs is 1. The van der Waals surface area contributed by atoms with Crippen molar-refractivity contribution in [1.82, 2.24) is 20.3 Å². The third kappa shape index (κ3) is 3.51. The van der Waals surface area contributed by atoms with Gasteiger partial charge < -0.3 is 14.8 Å². The van der Waals surface area contributed by atoms with Gasteiger partial charge in [-0.1, -0.05) is 17.3 Å². The van der Waals surface area contributed by atoms with Gasteiger partial charge in [-0.2, -0.15) is 0 Å². The number of hydrogen-bond donors (Lipinski definition) is 1. The van der Waals surface area contributed by atoms with Crippen molar-refractivity contribution in [2.45, 2.75) is 6.42 Å². The molecule has 3 aromatic rings. The molecule has 0 aliphatic carbocycles. The summed E-state index contributed by atoms with van der Waals surface area (Å²) in [6.07, 6.45) is 4.05. The average Bonchev–Trinajstić information content (AvgIpc) is 3.23. The van der Waals surface area contributed by atoms with Gasteiger partial charge in [0.25, 0.3) is 5.91 Å². The fourth-order valence-corrected chi connectivity index (χ4v) is 2.80. The number of hydrogen-bond acceptors (Lipinski definition) is 5. The van der Waals surface area contributed by atoms with Gasteiger partial charge in [-0.3, -0.25) is 4.79 Å². The fourth-order valence-electron chi connectivity index (χ4n) is 2.80. The first kappa shape index (κ1) is 16.1. The Balaban J connectivity index is 1.36. The van der Waals surface area contributed by atoms with Crippen LogP contribution in [0.1, 0.15) is 15.9 Å². The lowest BCUT2D eigenvalue weighted by molar-refractivity contribution is 0.0954. The highest BCUT2D eigenvalue weighted by molar-refractivity contribution is 5.94. The number of amides is 1. The van der Waals surface area contributed by atoms with Crippen molar-refractivity contribution in [2.75, 3.05) is 19.8 Å². The number of nitrogens with one attached hydrogen (secondary N) is 1. The molecule has 0 spiro atoms. The van der Waals surface area contributed by atoms with E-state index in [-0.39, 0.29) is 5.91 Å². The van der Waals surface area contributed by atoms with Crippen LogP contribution in [0.3, 0.4) is 0 Å². The lowest BCUT2D eigenvalue weighted by atomic mass is 10.1. The van der Waals surface area contributed by atoms with Crippen molar-refractivity contribution in [3.8, 4) is 17.2 Å². The third-order valence-electron chi connectivity index (χ3n) is 4.10. The van der Waals surface area contributed by atoms with Crippen LogP contribution in [0.2, 0.25) is 0 Å². The first-order valence-electron chi connectivity index (χ1n) is 8.43. The Bertz CT molecular complexity index is 909. The maximum atomic E-state index is 12.4. The number of rotatable bonds is 5. The summed E-state index contributed by atoms with van der Waals surface area (Å²) in [7, 11) is 0. The first-order valence-corrected chi connectivity index (χ1v) is 8.43. The molecule has 0 saturated carbocycles. The molecule has 0 bridgehead atoms. The molecule has 2 aromatic carbocycles. The maximum absolute atomic E-state index is 12.4. The second-order valence-corrected chi connectivity index (χ2v) is 5.88. The summed E-state index contributed by atoms with van der Waals surface area (Å²) < 4.78 is 12.7. The molecule has 7 nitrogen and oxygen atoms in total. The van der Waals surface area contributed by atoms with E-state index in [1.807, 2.05) is 30.3 Å². The Morgan fingerprint density at radius 2 is 2.00 bits per heavy atom. The van der Waals surface area contributed by atoms with E-state index in [4.69, 9.17) is 9.47 Å². The molecule has 1 aromatic heterocycles. The van der Waals surface area contributed by atoms with E-state index in [1.54, 1.807) is 29.2 Å². The molecule has 1 aliphatic rings. The molecular weight excluding hydrogens is 332 g/mol. The van der Waals surface area contributed by atoms with E-state index in [1.165, 1.54) is 0 Å². The van der Waals surface area contributed by atoms with E-state index in [0.29, 0.717) is 31.7 Å². The zero-order valence-electron chi connectivity index (χ0n) is 14.1. The Morgan fingerprint density at radius 3 is 2.85 bits per heavy atom. The standard InChI is InChI=1S/C19H18N4O3/c24-19(15-2-1-3-16(13-15)23-9-8-21-22-23)20-7-6-14-4-5-17-18(12-14)26-11-10-25-17/h1-5,8-9,12-13H,6-7,10-11H2,(H,20,24). The molecule has 0 unspecified atom stereocenters. The van der Waals surface area contributed by atoms with Crippen LogP contribution in [0.25, 0.3) is 5.69 Å². The molecule has 4 rings (SSSR count). The Hall–Kier alpha value is -3.35. The van der Waals surface area contributed by atoms with Crippen LogP contribution >= 0.6 is 0 Å². The van der Waals surface area contributed by atoms with Crippen molar-refractivity contribution < 1.29 is 14.3 Å². The topological polar surface area (TPSA) is 78.3 Å². The molecule has 7 heteroatoms. The molecule has 1 N–H and O–H groups in total. The predicted octanol–water partition coefficient (Wildman–Crippen LogP) is 2.01. The van der Waals surface area contributed by atoms with Gasteiger partial charge in [0.15, 0.2) is 11.5 Å². The predicted molar refractivity (Wildman–Crippen MR) is 94.8 cm³/mol. The molecule has 26 heavy (non-hydrogen) atoms. The second kappa shape index (κ2) is 7.26. The zero-order chi connectivity index (χ0) is 17.8. The van der Waals surface area contributed by atoms with E-state index in [9.17, 15) is 4.79 Å². The number of aromatic nitrogens is 3. The highest BCUT2D eigenvalue weighted by Gasteiger charge is 2.12. The minimum Gasteiger partial charge on any atom is -0.486 e. The lowest BCUT2D eigenvalue weighted by Crippen LogP contribution is -2.25. The number of nitrogens with zero attached hydrogens (tertiary/aromatic N) is 3. The van der Waals surface area contributed by atoms with Crippen LogP contribution in [0.5, 0.6) is 11.5 Å². The summed E-state index contributed by atoms with van der Waals surface area (Å²) in [5.74, 6) is 1.42. The second-order valence-electron chi connectivity index (χ2n) is 5.88. The molecule has 0 saturated heterocycles. The molecule has 0 atom stereocenters. The van der Waals surface area contributed by atoms with E-state index < -0.39 is 0 Å². The van der Waals surface area contributed by atoms with Gasteiger partial charge in [-0.15, -0.1) is 5.10 Å². The SMILES string of the molecule is O=C(NCCc1ccc2c(c1)OCCO2)c1cccc(-n2ccnn2)c1. The van der Waals surface area contributed by atoms with Crippen molar-refractivity contribution in [3.05, 3.63) is 66.0 Å². The van der Waals surface area contributed by atoms with Crippen LogP contribution < -0.4 is 14.8 Å². The molecule has 0 fully saturated rings. The Kier molecular flexibility index (Phi) is 4.51. The minimum atomic E-state index is -0.121. The van der Waals surface area contributed by atoms with Crippen molar-refractivity contribution >= 4 is 5.91 Å². The van der Waals surface area contributed by atoms with Gasteiger partial charge in [-0.25, -0.2) is 4.68 Å².